The molecule has 2 rings (SSSR count). The van der Waals surface area contributed by atoms with Crippen molar-refractivity contribution in [2.75, 3.05) is 0 Å². The molecule has 0 radical (unpaired) electrons. The van der Waals surface area contributed by atoms with Gasteiger partial charge in [0.2, 0.25) is 0 Å². The number of aliphatic hydroxyl groups excluding tert-OH is 1. The number of halogens is 1. The van der Waals surface area contributed by atoms with Gasteiger partial charge in [0.25, 0.3) is 0 Å². The zero-order valence-electron chi connectivity index (χ0n) is 9.94. The highest BCUT2D eigenvalue weighted by Crippen LogP contribution is 2.26. The zero-order valence-corrected chi connectivity index (χ0v) is 12.1. The Kier molecular flexibility index (Phi) is 3.84. The first kappa shape index (κ1) is 12.6. The highest BCUT2D eigenvalue weighted by molar-refractivity contribution is 14.1. The summed E-state index contributed by atoms with van der Waals surface area (Å²) in [6, 6.07) is 14.2. The third-order valence-electron chi connectivity index (χ3n) is 2.92. The van der Waals surface area contributed by atoms with Crippen LogP contribution in [0.2, 0.25) is 0 Å². The summed E-state index contributed by atoms with van der Waals surface area (Å²) in [5, 5.41) is 10.4. The van der Waals surface area contributed by atoms with Crippen molar-refractivity contribution < 1.29 is 5.11 Å². The molecule has 2 heteroatoms. The van der Waals surface area contributed by atoms with Gasteiger partial charge in [0.1, 0.15) is 6.10 Å². The number of rotatable bonds is 2. The van der Waals surface area contributed by atoms with E-state index in [9.17, 15) is 5.11 Å². The Bertz CT molecular complexity index is 517. The summed E-state index contributed by atoms with van der Waals surface area (Å²) in [6.45, 7) is 4.08. The van der Waals surface area contributed by atoms with Gasteiger partial charge < -0.3 is 5.11 Å². The first-order chi connectivity index (χ1) is 8.08. The Morgan fingerprint density at radius 2 is 1.65 bits per heavy atom. The summed E-state index contributed by atoms with van der Waals surface area (Å²) in [5.74, 6) is 0. The van der Waals surface area contributed by atoms with Gasteiger partial charge in [0.05, 0.1) is 0 Å². The fourth-order valence-corrected chi connectivity index (χ4v) is 2.24. The molecule has 0 aromatic heterocycles. The van der Waals surface area contributed by atoms with E-state index in [0.717, 1.165) is 16.7 Å². The van der Waals surface area contributed by atoms with Crippen molar-refractivity contribution in [3.8, 4) is 0 Å². The molecule has 0 aliphatic carbocycles. The van der Waals surface area contributed by atoms with Crippen LogP contribution in [0.5, 0.6) is 0 Å². The lowest BCUT2D eigenvalue weighted by Gasteiger charge is -2.15. The normalized spacial score (nSPS) is 12.5. The minimum absolute atomic E-state index is 0.535. The molecule has 1 atom stereocenters. The fourth-order valence-electron chi connectivity index (χ4n) is 1.88. The summed E-state index contributed by atoms with van der Waals surface area (Å²) in [6.07, 6.45) is -0.535. The maximum absolute atomic E-state index is 10.4. The van der Waals surface area contributed by atoms with E-state index < -0.39 is 6.10 Å². The second kappa shape index (κ2) is 5.19. The van der Waals surface area contributed by atoms with Crippen LogP contribution in [-0.4, -0.2) is 5.11 Å². The van der Waals surface area contributed by atoms with Crippen molar-refractivity contribution in [1.82, 2.24) is 0 Å². The molecule has 0 spiro atoms. The summed E-state index contributed by atoms with van der Waals surface area (Å²) in [7, 11) is 0. The lowest BCUT2D eigenvalue weighted by Crippen LogP contribution is -2.02. The summed E-state index contributed by atoms with van der Waals surface area (Å²) < 4.78 is 1.18. The molecule has 0 fully saturated rings. The van der Waals surface area contributed by atoms with Crippen molar-refractivity contribution in [3.05, 3.63) is 68.3 Å². The fraction of sp³-hybridized carbons (Fsp3) is 0.200. The van der Waals surface area contributed by atoms with E-state index in [1.807, 2.05) is 38.1 Å². The van der Waals surface area contributed by atoms with Crippen molar-refractivity contribution in [2.24, 2.45) is 0 Å². The van der Waals surface area contributed by atoms with Gasteiger partial charge in [-0.2, -0.15) is 0 Å². The zero-order chi connectivity index (χ0) is 12.4. The molecule has 0 aliphatic heterocycles. The van der Waals surface area contributed by atoms with Crippen LogP contribution in [0.3, 0.4) is 0 Å². The van der Waals surface area contributed by atoms with Gasteiger partial charge >= 0.3 is 0 Å². The third-order valence-corrected chi connectivity index (χ3v) is 3.63. The summed E-state index contributed by atoms with van der Waals surface area (Å²) >= 11 is 2.26. The van der Waals surface area contributed by atoms with Gasteiger partial charge in [0, 0.05) is 3.57 Å². The van der Waals surface area contributed by atoms with Crippen molar-refractivity contribution in [3.63, 3.8) is 0 Å². The van der Waals surface area contributed by atoms with Crippen molar-refractivity contribution >= 4 is 22.6 Å². The standard InChI is InChI=1S/C15H15IO/c1-10-3-4-11(2)14(9-10)15(17)12-5-7-13(16)8-6-12/h3-9,15,17H,1-2H3. The van der Waals surface area contributed by atoms with Gasteiger partial charge in [-0.1, -0.05) is 35.9 Å². The number of aryl methyl sites for hydroxylation is 2. The molecule has 2 aromatic rings. The minimum Gasteiger partial charge on any atom is -0.384 e. The van der Waals surface area contributed by atoms with Gasteiger partial charge in [-0.15, -0.1) is 0 Å². The van der Waals surface area contributed by atoms with E-state index >= 15 is 0 Å². The Balaban J connectivity index is 2.39. The first-order valence-corrected chi connectivity index (χ1v) is 6.66. The van der Waals surface area contributed by atoms with Crippen molar-refractivity contribution in [1.29, 1.82) is 0 Å². The van der Waals surface area contributed by atoms with Crippen LogP contribution in [0, 0.1) is 17.4 Å². The molecule has 1 unspecified atom stereocenters. The smallest absolute Gasteiger partial charge is 0.104 e. The molecule has 0 amide bonds. The van der Waals surface area contributed by atoms with E-state index in [0.29, 0.717) is 0 Å². The molecular formula is C15H15IO. The molecular weight excluding hydrogens is 323 g/mol. The number of hydrogen-bond donors (Lipinski definition) is 1. The van der Waals surface area contributed by atoms with E-state index in [2.05, 4.69) is 40.8 Å². The van der Waals surface area contributed by atoms with Crippen LogP contribution in [-0.2, 0) is 0 Å². The van der Waals surface area contributed by atoms with Gasteiger partial charge in [0.15, 0.2) is 0 Å². The Morgan fingerprint density at radius 3 is 2.29 bits per heavy atom. The molecule has 88 valence electrons. The van der Waals surface area contributed by atoms with Crippen LogP contribution in [0.25, 0.3) is 0 Å². The largest absolute Gasteiger partial charge is 0.384 e. The SMILES string of the molecule is Cc1ccc(C)c(C(O)c2ccc(I)cc2)c1. The van der Waals surface area contributed by atoms with Crippen LogP contribution in [0.1, 0.15) is 28.4 Å². The number of benzene rings is 2. The summed E-state index contributed by atoms with van der Waals surface area (Å²) in [4.78, 5) is 0. The molecule has 0 aliphatic rings. The molecule has 1 N–H and O–H groups in total. The van der Waals surface area contributed by atoms with Crippen LogP contribution in [0.15, 0.2) is 42.5 Å². The predicted octanol–water partition coefficient (Wildman–Crippen LogP) is 3.99. The van der Waals surface area contributed by atoms with E-state index in [1.165, 1.54) is 9.13 Å². The highest BCUT2D eigenvalue weighted by atomic mass is 127. The maximum Gasteiger partial charge on any atom is 0.104 e. The molecule has 1 nitrogen and oxygen atoms in total. The monoisotopic (exact) mass is 338 g/mol. The minimum atomic E-state index is -0.535. The molecule has 0 bridgehead atoms. The number of hydrogen-bond acceptors (Lipinski definition) is 1. The quantitative estimate of drug-likeness (QED) is 0.821. The molecule has 0 saturated carbocycles. The Morgan fingerprint density at radius 1 is 1.00 bits per heavy atom. The van der Waals surface area contributed by atoms with Gasteiger partial charge in [-0.05, 0) is 65.3 Å². The lowest BCUT2D eigenvalue weighted by molar-refractivity contribution is 0.219. The van der Waals surface area contributed by atoms with E-state index in [-0.39, 0.29) is 0 Å². The van der Waals surface area contributed by atoms with Crippen LogP contribution < -0.4 is 0 Å². The van der Waals surface area contributed by atoms with Crippen LogP contribution >= 0.6 is 22.6 Å². The van der Waals surface area contributed by atoms with E-state index in [4.69, 9.17) is 0 Å². The first-order valence-electron chi connectivity index (χ1n) is 5.58. The van der Waals surface area contributed by atoms with Gasteiger partial charge in [-0.25, -0.2) is 0 Å². The lowest BCUT2D eigenvalue weighted by atomic mass is 9.96. The molecule has 2 aromatic carbocycles. The average Bonchev–Trinajstić information content (AvgIpc) is 2.32. The Hall–Kier alpha value is -0.870. The predicted molar refractivity (Wildman–Crippen MR) is 79.1 cm³/mol. The average molecular weight is 338 g/mol. The number of aliphatic hydroxyl groups is 1. The topological polar surface area (TPSA) is 20.2 Å². The third kappa shape index (κ3) is 2.87. The second-order valence-electron chi connectivity index (χ2n) is 4.31. The van der Waals surface area contributed by atoms with Gasteiger partial charge in [-0.3, -0.25) is 0 Å². The highest BCUT2D eigenvalue weighted by Gasteiger charge is 2.12. The molecule has 17 heavy (non-hydrogen) atoms. The molecule has 0 heterocycles. The summed E-state index contributed by atoms with van der Waals surface area (Å²) in [5.41, 5.74) is 4.24. The molecule has 0 saturated heterocycles. The van der Waals surface area contributed by atoms with Crippen molar-refractivity contribution in [2.45, 2.75) is 20.0 Å². The Labute approximate surface area is 116 Å². The van der Waals surface area contributed by atoms with Crippen LogP contribution in [0.4, 0.5) is 0 Å². The second-order valence-corrected chi connectivity index (χ2v) is 5.56. The maximum atomic E-state index is 10.4. The van der Waals surface area contributed by atoms with E-state index in [1.54, 1.807) is 0 Å².